The van der Waals surface area contributed by atoms with Crippen molar-refractivity contribution in [3.63, 3.8) is 0 Å². The maximum Gasteiger partial charge on any atom is 0.160 e. The number of benzene rings is 2. The van der Waals surface area contributed by atoms with Crippen LogP contribution in [0.4, 0.5) is 0 Å². The third-order valence-corrected chi connectivity index (χ3v) is 4.35. The lowest BCUT2D eigenvalue weighted by molar-refractivity contribution is 0.241. The second-order valence-electron chi connectivity index (χ2n) is 6.05. The van der Waals surface area contributed by atoms with Gasteiger partial charge in [0, 0.05) is 6.54 Å². The highest BCUT2D eigenvalue weighted by Gasteiger charge is 2.06. The Kier molecular flexibility index (Phi) is 7.59. The molecule has 0 radical (unpaired) electrons. The van der Waals surface area contributed by atoms with Crippen LogP contribution in [0.25, 0.3) is 0 Å². The van der Waals surface area contributed by atoms with Crippen LogP contribution >= 0.6 is 15.9 Å². The van der Waals surface area contributed by atoms with Gasteiger partial charge < -0.3 is 19.5 Å². The van der Waals surface area contributed by atoms with Crippen LogP contribution in [0.1, 0.15) is 25.0 Å². The first-order chi connectivity index (χ1) is 12.0. The minimum absolute atomic E-state index is 0.168. The molecule has 1 N–H and O–H groups in total. The fraction of sp³-hybridized carbons (Fsp3) is 0.400. The van der Waals surface area contributed by atoms with Gasteiger partial charge in [0.05, 0.1) is 24.8 Å². The van der Waals surface area contributed by atoms with Crippen molar-refractivity contribution in [3.05, 3.63) is 52.0 Å². The van der Waals surface area contributed by atoms with Crippen LogP contribution < -0.4 is 19.5 Å². The molecule has 0 aliphatic carbocycles. The molecule has 0 aromatic heterocycles. The SMILES string of the molecule is COc1ccc(CCNCc2ccc(OC(C)C)c(Br)c2)cc1OC. The van der Waals surface area contributed by atoms with Gasteiger partial charge in [-0.1, -0.05) is 12.1 Å². The van der Waals surface area contributed by atoms with E-state index in [2.05, 4.69) is 39.4 Å². The highest BCUT2D eigenvalue weighted by atomic mass is 79.9. The Balaban J connectivity index is 1.84. The number of hydrogen-bond donors (Lipinski definition) is 1. The Hall–Kier alpha value is -1.72. The van der Waals surface area contributed by atoms with Crippen LogP contribution in [-0.2, 0) is 13.0 Å². The first kappa shape index (κ1) is 19.6. The summed E-state index contributed by atoms with van der Waals surface area (Å²) in [6.45, 7) is 5.75. The number of rotatable bonds is 9. The predicted molar refractivity (Wildman–Crippen MR) is 105 cm³/mol. The normalized spacial score (nSPS) is 10.8. The monoisotopic (exact) mass is 407 g/mol. The van der Waals surface area contributed by atoms with E-state index in [0.717, 1.165) is 41.2 Å². The van der Waals surface area contributed by atoms with Crippen LogP contribution in [0, 0.1) is 0 Å². The molecule has 2 aromatic carbocycles. The lowest BCUT2D eigenvalue weighted by atomic mass is 10.1. The van der Waals surface area contributed by atoms with Crippen LogP contribution in [-0.4, -0.2) is 26.9 Å². The molecule has 0 amide bonds. The summed E-state index contributed by atoms with van der Waals surface area (Å²) in [5.74, 6) is 2.40. The maximum atomic E-state index is 5.73. The Morgan fingerprint density at radius 1 is 0.920 bits per heavy atom. The molecule has 0 heterocycles. The number of nitrogens with one attached hydrogen (secondary N) is 1. The predicted octanol–water partition coefficient (Wildman–Crippen LogP) is 4.59. The number of hydrogen-bond acceptors (Lipinski definition) is 4. The lowest BCUT2D eigenvalue weighted by Crippen LogP contribution is -2.16. The zero-order valence-electron chi connectivity index (χ0n) is 15.3. The van der Waals surface area contributed by atoms with Crippen molar-refractivity contribution < 1.29 is 14.2 Å². The second-order valence-corrected chi connectivity index (χ2v) is 6.90. The Morgan fingerprint density at radius 3 is 2.24 bits per heavy atom. The van der Waals surface area contributed by atoms with Crippen molar-refractivity contribution in [1.82, 2.24) is 5.32 Å². The van der Waals surface area contributed by atoms with Crippen molar-refractivity contribution >= 4 is 15.9 Å². The molecule has 0 aliphatic heterocycles. The van der Waals surface area contributed by atoms with Gasteiger partial charge in [-0.3, -0.25) is 0 Å². The molecule has 0 fully saturated rings. The highest BCUT2D eigenvalue weighted by molar-refractivity contribution is 9.10. The second kappa shape index (κ2) is 9.68. The zero-order chi connectivity index (χ0) is 18.2. The molecule has 0 spiro atoms. The minimum Gasteiger partial charge on any atom is -0.493 e. The van der Waals surface area contributed by atoms with Crippen LogP contribution in [0.5, 0.6) is 17.2 Å². The van der Waals surface area contributed by atoms with Gasteiger partial charge in [0.2, 0.25) is 0 Å². The summed E-state index contributed by atoms with van der Waals surface area (Å²) >= 11 is 3.57. The number of halogens is 1. The first-order valence-electron chi connectivity index (χ1n) is 8.40. The molecule has 4 nitrogen and oxygen atoms in total. The Bertz CT molecular complexity index is 689. The lowest BCUT2D eigenvalue weighted by Gasteiger charge is -2.13. The van der Waals surface area contributed by atoms with Gasteiger partial charge in [-0.05, 0) is 78.1 Å². The fourth-order valence-electron chi connectivity index (χ4n) is 2.51. The van der Waals surface area contributed by atoms with E-state index < -0.39 is 0 Å². The summed E-state index contributed by atoms with van der Waals surface area (Å²) in [7, 11) is 3.30. The molecule has 5 heteroatoms. The molecular formula is C20H26BrNO3. The molecule has 2 rings (SSSR count). The van der Waals surface area contributed by atoms with Crippen molar-refractivity contribution in [2.24, 2.45) is 0 Å². The fourth-order valence-corrected chi connectivity index (χ4v) is 3.03. The zero-order valence-corrected chi connectivity index (χ0v) is 16.9. The van der Waals surface area contributed by atoms with Crippen molar-refractivity contribution in [1.29, 1.82) is 0 Å². The average Bonchev–Trinajstić information content (AvgIpc) is 2.60. The van der Waals surface area contributed by atoms with Crippen molar-refractivity contribution in [2.45, 2.75) is 32.9 Å². The van der Waals surface area contributed by atoms with E-state index in [1.165, 1.54) is 11.1 Å². The van der Waals surface area contributed by atoms with Gasteiger partial charge in [-0.25, -0.2) is 0 Å². The molecule has 0 atom stereocenters. The van der Waals surface area contributed by atoms with Gasteiger partial charge in [-0.2, -0.15) is 0 Å². The topological polar surface area (TPSA) is 39.7 Å². The van der Waals surface area contributed by atoms with Crippen molar-refractivity contribution in [3.8, 4) is 17.2 Å². The van der Waals surface area contributed by atoms with Gasteiger partial charge in [0.15, 0.2) is 11.5 Å². The average molecular weight is 408 g/mol. The largest absolute Gasteiger partial charge is 0.493 e. The van der Waals surface area contributed by atoms with Gasteiger partial charge in [0.25, 0.3) is 0 Å². The molecule has 2 aromatic rings. The van der Waals surface area contributed by atoms with E-state index >= 15 is 0 Å². The molecule has 0 aliphatic rings. The summed E-state index contributed by atoms with van der Waals surface area (Å²) in [6, 6.07) is 12.2. The summed E-state index contributed by atoms with van der Waals surface area (Å²) in [6.07, 6.45) is 1.09. The number of methoxy groups -OCH3 is 2. The van der Waals surface area contributed by atoms with Crippen LogP contribution in [0.3, 0.4) is 0 Å². The molecular weight excluding hydrogens is 382 g/mol. The van der Waals surface area contributed by atoms with E-state index in [-0.39, 0.29) is 6.10 Å². The summed E-state index contributed by atoms with van der Waals surface area (Å²) in [5.41, 5.74) is 2.43. The molecule has 0 unspecified atom stereocenters. The van der Waals surface area contributed by atoms with E-state index in [4.69, 9.17) is 14.2 Å². The quantitative estimate of drug-likeness (QED) is 0.617. The third kappa shape index (κ3) is 5.94. The van der Waals surface area contributed by atoms with Crippen molar-refractivity contribution in [2.75, 3.05) is 20.8 Å². The summed E-state index contributed by atoms with van der Waals surface area (Å²) in [4.78, 5) is 0. The number of ether oxygens (including phenoxy) is 3. The molecule has 0 bridgehead atoms. The molecule has 25 heavy (non-hydrogen) atoms. The maximum absolute atomic E-state index is 5.73. The molecule has 0 saturated carbocycles. The summed E-state index contributed by atoms with van der Waals surface area (Å²) in [5, 5.41) is 3.47. The van der Waals surface area contributed by atoms with E-state index in [0.29, 0.717) is 0 Å². The minimum atomic E-state index is 0.168. The van der Waals surface area contributed by atoms with Gasteiger partial charge >= 0.3 is 0 Å². The molecule has 136 valence electrons. The standard InChI is InChI=1S/C20H26BrNO3/c1-14(2)25-18-7-6-16(11-17(18)21)13-22-10-9-15-5-8-19(23-3)20(12-15)24-4/h5-8,11-12,14,22H,9-10,13H2,1-4H3. The molecule has 0 saturated heterocycles. The Morgan fingerprint density at radius 2 is 1.60 bits per heavy atom. The van der Waals surface area contributed by atoms with E-state index in [1.54, 1.807) is 14.2 Å². The van der Waals surface area contributed by atoms with Crippen LogP contribution in [0.15, 0.2) is 40.9 Å². The highest BCUT2D eigenvalue weighted by Crippen LogP contribution is 2.28. The van der Waals surface area contributed by atoms with Gasteiger partial charge in [0.1, 0.15) is 5.75 Å². The van der Waals surface area contributed by atoms with E-state index in [9.17, 15) is 0 Å². The Labute approximate surface area is 158 Å². The summed E-state index contributed by atoms with van der Waals surface area (Å²) < 4.78 is 17.3. The smallest absolute Gasteiger partial charge is 0.160 e. The van der Waals surface area contributed by atoms with Crippen LogP contribution in [0.2, 0.25) is 0 Å². The third-order valence-electron chi connectivity index (χ3n) is 3.73. The van der Waals surface area contributed by atoms with Gasteiger partial charge in [-0.15, -0.1) is 0 Å². The van der Waals surface area contributed by atoms with E-state index in [1.807, 2.05) is 32.0 Å². The first-order valence-corrected chi connectivity index (χ1v) is 9.19.